The second kappa shape index (κ2) is 2.66. The van der Waals surface area contributed by atoms with E-state index in [-0.39, 0.29) is 0 Å². The first-order valence-electron chi connectivity index (χ1n) is 3.12. The highest BCUT2D eigenvalue weighted by Gasteiger charge is 2.12. The molecule has 0 aliphatic carbocycles. The topological polar surface area (TPSA) is 12.9 Å². The summed E-state index contributed by atoms with van der Waals surface area (Å²) in [5, 5.41) is 0.798. The first-order valence-corrected chi connectivity index (χ1v) is 5.61. The summed E-state index contributed by atoms with van der Waals surface area (Å²) in [4.78, 5) is 0. The van der Waals surface area contributed by atoms with Gasteiger partial charge in [0.1, 0.15) is 0 Å². The lowest BCUT2D eigenvalue weighted by Gasteiger charge is -1.89. The maximum Gasteiger partial charge on any atom is 0.323 e. The zero-order valence-corrected chi connectivity index (χ0v) is 8.19. The molecule has 0 atom stereocenters. The van der Waals surface area contributed by atoms with Gasteiger partial charge in [0.15, 0.2) is 5.52 Å². The molecule has 0 N–H and O–H groups in total. The lowest BCUT2D eigenvalue weighted by molar-refractivity contribution is 1.49. The highest BCUT2D eigenvalue weighted by Crippen LogP contribution is 2.27. The average Bonchev–Trinajstić information content (AvgIpc) is 2.34. The van der Waals surface area contributed by atoms with Crippen molar-refractivity contribution in [2.24, 2.45) is 0 Å². The van der Waals surface area contributed by atoms with Crippen LogP contribution in [0.4, 0.5) is 0 Å². The maximum atomic E-state index is 5.86. The number of hydrogen-bond acceptors (Lipinski definition) is 2. The summed E-state index contributed by atoms with van der Waals surface area (Å²) < 4.78 is 5.44. The Labute approximate surface area is 76.8 Å². The van der Waals surface area contributed by atoms with Gasteiger partial charge in [-0.2, -0.15) is 0 Å². The molecule has 0 saturated heterocycles. The number of halogens is 1. The molecule has 0 fully saturated rings. The van der Waals surface area contributed by atoms with Crippen LogP contribution in [0.15, 0.2) is 12.1 Å². The van der Waals surface area contributed by atoms with Gasteiger partial charge in [-0.1, -0.05) is 11.6 Å². The largest absolute Gasteiger partial charge is 0.323 e. The van der Waals surface area contributed by atoms with Gasteiger partial charge in [-0.25, -0.2) is 0 Å². The lowest BCUT2D eigenvalue weighted by Crippen LogP contribution is -1.74. The van der Waals surface area contributed by atoms with E-state index in [2.05, 4.69) is 4.37 Å². The van der Waals surface area contributed by atoms with Gasteiger partial charge in [0.25, 0.3) is 15.2 Å². The summed E-state index contributed by atoms with van der Waals surface area (Å²) in [6, 6.07) is 3.90. The standard InChI is InChI=1S/C7H5ClNS2/c1-4-2-5(8)3-6-7(4)9-11-10-6/h2-3H,1H3/q+1. The molecule has 2 rings (SSSR count). The molecule has 0 aliphatic heterocycles. The fourth-order valence-corrected chi connectivity index (χ4v) is 3.23. The number of aryl methyl sites for hydroxylation is 1. The number of aromatic nitrogens is 1. The van der Waals surface area contributed by atoms with Gasteiger partial charge >= 0.3 is 10.3 Å². The molecule has 0 radical (unpaired) electrons. The molecule has 1 nitrogen and oxygen atoms in total. The molecule has 0 bridgehead atoms. The van der Waals surface area contributed by atoms with E-state index in [1.165, 1.54) is 15.2 Å². The van der Waals surface area contributed by atoms with Crippen LogP contribution in [0.2, 0.25) is 5.02 Å². The van der Waals surface area contributed by atoms with Crippen molar-refractivity contribution in [3.63, 3.8) is 0 Å². The van der Waals surface area contributed by atoms with Gasteiger partial charge in [-0.3, -0.25) is 0 Å². The predicted molar refractivity (Wildman–Crippen MR) is 51.7 cm³/mol. The van der Waals surface area contributed by atoms with Crippen molar-refractivity contribution in [2.75, 3.05) is 0 Å². The lowest BCUT2D eigenvalue weighted by atomic mass is 10.2. The van der Waals surface area contributed by atoms with Crippen molar-refractivity contribution < 1.29 is 0 Å². The summed E-state index contributed by atoms with van der Waals surface area (Å²) in [7, 11) is 3.17. The zero-order chi connectivity index (χ0) is 7.84. The molecule has 1 aromatic heterocycles. The van der Waals surface area contributed by atoms with E-state index in [0.717, 1.165) is 16.1 Å². The highest BCUT2D eigenvalue weighted by atomic mass is 35.5. The van der Waals surface area contributed by atoms with Crippen LogP contribution in [0.5, 0.6) is 0 Å². The Morgan fingerprint density at radius 2 is 2.36 bits per heavy atom. The van der Waals surface area contributed by atoms with Crippen LogP contribution in [0.1, 0.15) is 5.56 Å². The van der Waals surface area contributed by atoms with Gasteiger partial charge in [-0.05, 0) is 18.6 Å². The molecule has 0 amide bonds. The number of hydrogen-bond donors (Lipinski definition) is 0. The molecular weight excluding hydrogens is 198 g/mol. The van der Waals surface area contributed by atoms with Crippen LogP contribution in [-0.2, 0) is 0 Å². The van der Waals surface area contributed by atoms with Crippen molar-refractivity contribution >= 4 is 42.7 Å². The second-order valence-electron chi connectivity index (χ2n) is 2.32. The summed E-state index contributed by atoms with van der Waals surface area (Å²) >= 11 is 5.86. The van der Waals surface area contributed by atoms with E-state index in [9.17, 15) is 0 Å². The van der Waals surface area contributed by atoms with Crippen LogP contribution >= 0.6 is 32.5 Å². The van der Waals surface area contributed by atoms with Crippen LogP contribution in [0.25, 0.3) is 10.2 Å². The van der Waals surface area contributed by atoms with Crippen LogP contribution in [0, 0.1) is 6.92 Å². The van der Waals surface area contributed by atoms with Gasteiger partial charge in [0.2, 0.25) is 0 Å². The smallest absolute Gasteiger partial charge is 0.134 e. The number of nitrogens with zero attached hydrogens (tertiary/aromatic N) is 1. The molecule has 4 heteroatoms. The van der Waals surface area contributed by atoms with E-state index in [1.807, 2.05) is 19.1 Å². The van der Waals surface area contributed by atoms with Crippen LogP contribution in [-0.4, -0.2) is 4.37 Å². The zero-order valence-electron chi connectivity index (χ0n) is 5.80. The van der Waals surface area contributed by atoms with E-state index < -0.39 is 0 Å². The Hall–Kier alpha value is -0.250. The molecule has 0 aliphatic rings. The molecule has 11 heavy (non-hydrogen) atoms. The van der Waals surface area contributed by atoms with Crippen LogP contribution in [0.3, 0.4) is 0 Å². The molecule has 0 saturated carbocycles. The first-order chi connectivity index (χ1) is 5.27. The average molecular weight is 203 g/mol. The minimum Gasteiger partial charge on any atom is -0.134 e. The second-order valence-corrected chi connectivity index (χ2v) is 4.64. The third kappa shape index (κ3) is 1.24. The maximum absolute atomic E-state index is 5.86. The molecular formula is C7H5ClNS2+. The van der Waals surface area contributed by atoms with Crippen molar-refractivity contribution in [2.45, 2.75) is 6.92 Å². The first kappa shape index (κ1) is 7.40. The SMILES string of the molecule is Cc1cc(Cl)cc2[s+]snc12. The van der Waals surface area contributed by atoms with Gasteiger partial charge in [0, 0.05) is 11.1 Å². The van der Waals surface area contributed by atoms with Gasteiger partial charge in [0.05, 0.1) is 0 Å². The fourth-order valence-electron chi connectivity index (χ4n) is 0.981. The Kier molecular flexibility index (Phi) is 1.79. The molecule has 2 aromatic rings. The fraction of sp³-hybridized carbons (Fsp3) is 0.143. The van der Waals surface area contributed by atoms with Gasteiger partial charge in [-0.15, -0.1) is 4.37 Å². The summed E-state index contributed by atoms with van der Waals surface area (Å²) in [6.07, 6.45) is 0. The van der Waals surface area contributed by atoms with Crippen molar-refractivity contribution in [1.29, 1.82) is 0 Å². The van der Waals surface area contributed by atoms with Crippen LogP contribution < -0.4 is 0 Å². The summed E-state index contributed by atoms with van der Waals surface area (Å²) in [5.74, 6) is 0. The predicted octanol–water partition coefficient (Wildman–Crippen LogP) is 3.60. The normalized spacial score (nSPS) is 10.7. The van der Waals surface area contributed by atoms with Crippen molar-refractivity contribution in [3.05, 3.63) is 22.7 Å². The van der Waals surface area contributed by atoms with E-state index >= 15 is 0 Å². The summed E-state index contributed by atoms with van der Waals surface area (Å²) in [5.41, 5.74) is 2.24. The van der Waals surface area contributed by atoms with E-state index in [0.29, 0.717) is 0 Å². The molecule has 0 unspecified atom stereocenters. The Morgan fingerprint density at radius 3 is 3.18 bits per heavy atom. The van der Waals surface area contributed by atoms with Crippen molar-refractivity contribution in [3.8, 4) is 0 Å². The third-order valence-electron chi connectivity index (χ3n) is 1.49. The van der Waals surface area contributed by atoms with Gasteiger partial charge < -0.3 is 0 Å². The minimum atomic E-state index is 0.798. The van der Waals surface area contributed by atoms with E-state index in [4.69, 9.17) is 11.6 Å². The summed E-state index contributed by atoms with van der Waals surface area (Å²) in [6.45, 7) is 2.03. The molecule has 1 heterocycles. The number of rotatable bonds is 0. The minimum absolute atomic E-state index is 0.798. The molecule has 1 aromatic carbocycles. The quantitative estimate of drug-likeness (QED) is 0.470. The number of benzene rings is 1. The molecule has 56 valence electrons. The third-order valence-corrected chi connectivity index (χ3v) is 3.51. The Morgan fingerprint density at radius 1 is 1.55 bits per heavy atom. The highest BCUT2D eigenvalue weighted by molar-refractivity contribution is 7.69. The Balaban J connectivity index is 2.91. The monoisotopic (exact) mass is 202 g/mol. The van der Waals surface area contributed by atoms with Crippen molar-refractivity contribution in [1.82, 2.24) is 4.37 Å². The molecule has 0 spiro atoms. The van der Waals surface area contributed by atoms with E-state index in [1.54, 1.807) is 10.3 Å². The Bertz CT molecular complexity index is 396. The number of fused-ring (bicyclic) bond motifs is 1.